The fourth-order valence-corrected chi connectivity index (χ4v) is 1.94. The highest BCUT2D eigenvalue weighted by molar-refractivity contribution is 6.04. The Hall–Kier alpha value is -2.15. The zero-order valence-electron chi connectivity index (χ0n) is 11.1. The van der Waals surface area contributed by atoms with Crippen molar-refractivity contribution in [1.29, 1.82) is 0 Å². The predicted octanol–water partition coefficient (Wildman–Crippen LogP) is -0.248. The second kappa shape index (κ2) is 5.46. The van der Waals surface area contributed by atoms with Crippen LogP contribution in [0.25, 0.3) is 0 Å². The maximum atomic E-state index is 11.7. The molecule has 2 rings (SSSR count). The minimum atomic E-state index is -1.35. The molecule has 0 aliphatic carbocycles. The Morgan fingerprint density at radius 1 is 1.45 bits per heavy atom. The Balaban J connectivity index is 1.86. The van der Waals surface area contributed by atoms with E-state index in [1.54, 1.807) is 12.1 Å². The molecule has 0 bridgehead atoms. The molecule has 1 aromatic rings. The van der Waals surface area contributed by atoms with Gasteiger partial charge in [-0.1, -0.05) is 0 Å². The third-order valence-corrected chi connectivity index (χ3v) is 3.14. The minimum Gasteiger partial charge on any atom is -0.466 e. The number of carbonyl (C=O) groups excluding carboxylic acids is 3. The van der Waals surface area contributed by atoms with Gasteiger partial charge in [0.1, 0.15) is 17.9 Å². The first kappa shape index (κ1) is 14.3. The molecule has 1 atom stereocenters. The van der Waals surface area contributed by atoms with Crippen molar-refractivity contribution in [3.05, 3.63) is 24.2 Å². The highest BCUT2D eigenvalue weighted by atomic mass is 16.4. The van der Waals surface area contributed by atoms with Crippen molar-refractivity contribution in [1.82, 2.24) is 10.2 Å². The van der Waals surface area contributed by atoms with Crippen LogP contribution < -0.4 is 5.32 Å². The molecule has 3 amide bonds. The van der Waals surface area contributed by atoms with E-state index in [2.05, 4.69) is 5.32 Å². The molecular formula is C13H16N2O5. The van der Waals surface area contributed by atoms with E-state index in [0.717, 1.165) is 4.90 Å². The molecule has 0 aromatic carbocycles. The Morgan fingerprint density at radius 2 is 2.10 bits per heavy atom. The number of imide groups is 1. The Kier molecular flexibility index (Phi) is 3.89. The fourth-order valence-electron chi connectivity index (χ4n) is 1.94. The van der Waals surface area contributed by atoms with Crippen molar-refractivity contribution >= 4 is 17.7 Å². The van der Waals surface area contributed by atoms with Crippen LogP contribution in [0.4, 0.5) is 0 Å². The zero-order chi connectivity index (χ0) is 14.8. The molecule has 0 radical (unpaired) electrons. The van der Waals surface area contributed by atoms with Crippen molar-refractivity contribution in [2.75, 3.05) is 13.1 Å². The second-order valence-corrected chi connectivity index (χ2v) is 4.90. The Morgan fingerprint density at radius 3 is 2.65 bits per heavy atom. The molecule has 7 nitrogen and oxygen atoms in total. The van der Waals surface area contributed by atoms with Crippen molar-refractivity contribution in [2.24, 2.45) is 0 Å². The maximum Gasteiger partial charge on any atom is 0.240 e. The third-order valence-electron chi connectivity index (χ3n) is 3.14. The standard InChI is InChI=1S/C13H16N2O5/c1-13(19,9-3-2-6-20-9)8-14-10(16)7-15-11(17)4-5-12(15)18/h2-3,6,19H,4-5,7-8H2,1H3,(H,14,16). The summed E-state index contributed by atoms with van der Waals surface area (Å²) in [4.78, 5) is 35.4. The van der Waals surface area contributed by atoms with Gasteiger partial charge in [0.05, 0.1) is 12.8 Å². The van der Waals surface area contributed by atoms with E-state index in [9.17, 15) is 19.5 Å². The molecule has 2 N–H and O–H groups in total. The number of amides is 3. The molecule has 1 aromatic heterocycles. The number of furan rings is 1. The van der Waals surface area contributed by atoms with Crippen molar-refractivity contribution in [2.45, 2.75) is 25.4 Å². The molecule has 1 unspecified atom stereocenters. The van der Waals surface area contributed by atoms with Gasteiger partial charge in [0.2, 0.25) is 17.7 Å². The molecular weight excluding hydrogens is 264 g/mol. The highest BCUT2D eigenvalue weighted by Crippen LogP contribution is 2.19. The van der Waals surface area contributed by atoms with Crippen LogP contribution in [-0.4, -0.2) is 40.8 Å². The van der Waals surface area contributed by atoms with E-state index in [1.807, 2.05) is 0 Å². The molecule has 1 aliphatic heterocycles. The predicted molar refractivity (Wildman–Crippen MR) is 67.2 cm³/mol. The van der Waals surface area contributed by atoms with Crippen molar-refractivity contribution in [3.63, 3.8) is 0 Å². The van der Waals surface area contributed by atoms with Crippen LogP contribution in [0, 0.1) is 0 Å². The van der Waals surface area contributed by atoms with E-state index in [4.69, 9.17) is 4.42 Å². The molecule has 108 valence electrons. The van der Waals surface area contributed by atoms with E-state index in [-0.39, 0.29) is 37.7 Å². The quantitative estimate of drug-likeness (QED) is 0.725. The van der Waals surface area contributed by atoms with E-state index in [0.29, 0.717) is 5.76 Å². The Bertz CT molecular complexity index is 505. The SMILES string of the molecule is CC(O)(CNC(=O)CN1C(=O)CCC1=O)c1ccco1. The van der Waals surface area contributed by atoms with Crippen LogP contribution in [0.15, 0.2) is 22.8 Å². The first-order valence-electron chi connectivity index (χ1n) is 6.26. The topological polar surface area (TPSA) is 99.9 Å². The van der Waals surface area contributed by atoms with Gasteiger partial charge >= 0.3 is 0 Å². The lowest BCUT2D eigenvalue weighted by molar-refractivity contribution is -0.142. The van der Waals surface area contributed by atoms with Gasteiger partial charge in [-0.25, -0.2) is 0 Å². The van der Waals surface area contributed by atoms with Crippen LogP contribution in [0.1, 0.15) is 25.5 Å². The number of nitrogens with zero attached hydrogens (tertiary/aromatic N) is 1. The first-order valence-corrected chi connectivity index (χ1v) is 6.26. The number of hydrogen-bond acceptors (Lipinski definition) is 5. The van der Waals surface area contributed by atoms with E-state index >= 15 is 0 Å². The summed E-state index contributed by atoms with van der Waals surface area (Å²) < 4.78 is 5.08. The zero-order valence-corrected chi connectivity index (χ0v) is 11.1. The van der Waals surface area contributed by atoms with Crippen molar-refractivity contribution in [3.8, 4) is 0 Å². The molecule has 2 heterocycles. The van der Waals surface area contributed by atoms with Gasteiger partial charge in [0, 0.05) is 12.8 Å². The maximum absolute atomic E-state index is 11.7. The summed E-state index contributed by atoms with van der Waals surface area (Å²) in [5.74, 6) is -0.863. The fraction of sp³-hybridized carbons (Fsp3) is 0.462. The summed E-state index contributed by atoms with van der Waals surface area (Å²) in [6, 6.07) is 3.23. The average Bonchev–Trinajstić information content (AvgIpc) is 3.02. The number of aliphatic hydroxyl groups is 1. The summed E-state index contributed by atoms with van der Waals surface area (Å²) in [6.07, 6.45) is 1.72. The average molecular weight is 280 g/mol. The van der Waals surface area contributed by atoms with Gasteiger partial charge in [-0.05, 0) is 19.1 Å². The minimum absolute atomic E-state index is 0.0738. The molecule has 1 fully saturated rings. The molecule has 1 saturated heterocycles. The summed E-state index contributed by atoms with van der Waals surface area (Å²) >= 11 is 0. The summed E-state index contributed by atoms with van der Waals surface area (Å²) in [5.41, 5.74) is -1.35. The van der Waals surface area contributed by atoms with Gasteiger partial charge in [-0.3, -0.25) is 19.3 Å². The van der Waals surface area contributed by atoms with Gasteiger partial charge in [0.25, 0.3) is 0 Å². The Labute approximate surface area is 115 Å². The third kappa shape index (κ3) is 3.05. The first-order chi connectivity index (χ1) is 9.40. The smallest absolute Gasteiger partial charge is 0.240 e. The molecule has 1 aliphatic rings. The van der Waals surface area contributed by atoms with Crippen LogP contribution in [0.3, 0.4) is 0 Å². The normalized spacial score (nSPS) is 18.2. The number of likely N-dealkylation sites (tertiary alicyclic amines) is 1. The lowest BCUT2D eigenvalue weighted by atomic mass is 10.0. The van der Waals surface area contributed by atoms with Crippen LogP contribution in [0.5, 0.6) is 0 Å². The van der Waals surface area contributed by atoms with Gasteiger partial charge in [-0.2, -0.15) is 0 Å². The van der Waals surface area contributed by atoms with E-state index < -0.39 is 11.5 Å². The van der Waals surface area contributed by atoms with Gasteiger partial charge in [0.15, 0.2) is 0 Å². The van der Waals surface area contributed by atoms with E-state index in [1.165, 1.54) is 13.2 Å². The number of hydrogen-bond donors (Lipinski definition) is 2. The number of carbonyl (C=O) groups is 3. The molecule has 0 saturated carbocycles. The summed E-state index contributed by atoms with van der Waals surface area (Å²) in [5, 5.41) is 12.6. The summed E-state index contributed by atoms with van der Waals surface area (Å²) in [7, 11) is 0. The molecule has 0 spiro atoms. The summed E-state index contributed by atoms with van der Waals surface area (Å²) in [6.45, 7) is 1.11. The van der Waals surface area contributed by atoms with Gasteiger partial charge in [-0.15, -0.1) is 0 Å². The highest BCUT2D eigenvalue weighted by Gasteiger charge is 2.31. The lowest BCUT2D eigenvalue weighted by Crippen LogP contribution is -2.44. The largest absolute Gasteiger partial charge is 0.466 e. The monoisotopic (exact) mass is 280 g/mol. The van der Waals surface area contributed by atoms with Crippen molar-refractivity contribution < 1.29 is 23.9 Å². The van der Waals surface area contributed by atoms with Gasteiger partial charge < -0.3 is 14.8 Å². The van der Waals surface area contributed by atoms with Crippen LogP contribution in [-0.2, 0) is 20.0 Å². The second-order valence-electron chi connectivity index (χ2n) is 4.90. The number of nitrogens with one attached hydrogen (secondary N) is 1. The molecule has 20 heavy (non-hydrogen) atoms. The number of rotatable bonds is 5. The van der Waals surface area contributed by atoms with Crippen LogP contribution >= 0.6 is 0 Å². The lowest BCUT2D eigenvalue weighted by Gasteiger charge is -2.22. The molecule has 7 heteroatoms. The van der Waals surface area contributed by atoms with Crippen LogP contribution in [0.2, 0.25) is 0 Å².